The topological polar surface area (TPSA) is 137 Å². The van der Waals surface area contributed by atoms with Gasteiger partial charge in [0, 0.05) is 71.7 Å². The average Bonchev–Trinajstić information content (AvgIpc) is 3.71. The molecule has 266 valence electrons. The minimum Gasteiger partial charge on any atom is -0.404 e. The maximum Gasteiger partial charge on any atom is 0.524 e. The Labute approximate surface area is 309 Å². The quantitative estimate of drug-likeness (QED) is 0.0448. The number of alkyl halides is 2. The zero-order valence-corrected chi connectivity index (χ0v) is 30.2. The van der Waals surface area contributed by atoms with Gasteiger partial charge in [-0.15, -0.1) is 23.2 Å². The third-order valence-corrected chi connectivity index (χ3v) is 10.8. The number of benzene rings is 5. The van der Waals surface area contributed by atoms with Crippen molar-refractivity contribution in [3.8, 4) is 11.5 Å². The molecule has 2 heterocycles. The van der Waals surface area contributed by atoms with Crippen molar-refractivity contribution in [2.75, 3.05) is 34.6 Å². The first-order chi connectivity index (χ1) is 25.0. The Bertz CT molecular complexity index is 2360. The van der Waals surface area contributed by atoms with E-state index in [4.69, 9.17) is 27.7 Å². The van der Waals surface area contributed by atoms with E-state index in [2.05, 4.69) is 4.89 Å². The molecular formula is C39H33Cl2N2O8P. The van der Waals surface area contributed by atoms with Crippen LogP contribution >= 0.6 is 31.0 Å². The predicted molar refractivity (Wildman–Crippen MR) is 205 cm³/mol. The number of amides is 2. The number of carbonyl (C=O) groups is 2. The van der Waals surface area contributed by atoms with Crippen molar-refractivity contribution in [1.29, 1.82) is 0 Å². The van der Waals surface area contributed by atoms with Crippen LogP contribution in [0.4, 0.5) is 11.4 Å². The zero-order chi connectivity index (χ0) is 36.7. The van der Waals surface area contributed by atoms with Gasteiger partial charge in [0.2, 0.25) is 0 Å². The highest BCUT2D eigenvalue weighted by molar-refractivity contribution is 7.46. The fraction of sp³-hybridized carbons (Fsp3) is 0.179. The van der Waals surface area contributed by atoms with Gasteiger partial charge in [-0.05, 0) is 57.7 Å². The van der Waals surface area contributed by atoms with Crippen molar-refractivity contribution < 1.29 is 38.6 Å². The van der Waals surface area contributed by atoms with Gasteiger partial charge in [-0.3, -0.25) is 19.4 Å². The first kappa shape index (κ1) is 35.7. The highest BCUT2D eigenvalue weighted by Gasteiger charge is 2.36. The molecule has 13 heteroatoms. The molecule has 0 saturated heterocycles. The van der Waals surface area contributed by atoms with Gasteiger partial charge in [0.05, 0.1) is 11.4 Å². The Kier molecular flexibility index (Phi) is 9.89. The molecule has 2 amide bonds. The molecule has 7 rings (SSSR count). The monoisotopic (exact) mass is 758 g/mol. The number of aryl methyl sites for hydroxylation is 1. The molecule has 2 aliphatic rings. The molecule has 5 aromatic carbocycles. The predicted octanol–water partition coefficient (Wildman–Crippen LogP) is 8.39. The van der Waals surface area contributed by atoms with E-state index in [-0.39, 0.29) is 41.0 Å². The number of rotatable bonds is 9. The van der Waals surface area contributed by atoms with E-state index in [1.807, 2.05) is 61.5 Å². The molecular weight excluding hydrogens is 726 g/mol. The van der Waals surface area contributed by atoms with Crippen molar-refractivity contribution in [2.45, 2.75) is 18.8 Å². The van der Waals surface area contributed by atoms with Crippen LogP contribution in [0, 0.1) is 6.92 Å². The van der Waals surface area contributed by atoms with Crippen molar-refractivity contribution >= 4 is 87.9 Å². The Morgan fingerprint density at radius 1 is 0.769 bits per heavy atom. The maximum atomic E-state index is 13.6. The number of fused-ring (bicyclic) bond motifs is 6. The summed E-state index contributed by atoms with van der Waals surface area (Å²) in [6.07, 6.45) is 6.37. The normalized spacial score (nSPS) is 17.0. The van der Waals surface area contributed by atoms with Crippen LogP contribution in [0.1, 0.15) is 39.7 Å². The van der Waals surface area contributed by atoms with Gasteiger partial charge in [0.15, 0.2) is 5.75 Å². The molecule has 5 aromatic rings. The second kappa shape index (κ2) is 14.4. The summed E-state index contributed by atoms with van der Waals surface area (Å²) in [5, 5.41) is 12.4. The zero-order valence-electron chi connectivity index (χ0n) is 27.8. The van der Waals surface area contributed by atoms with Crippen LogP contribution < -0.4 is 19.2 Å². The number of carbonyl (C=O) groups excluding carboxylic acids is 2. The van der Waals surface area contributed by atoms with E-state index in [1.54, 1.807) is 40.2 Å². The molecule has 0 fully saturated rings. The van der Waals surface area contributed by atoms with Crippen molar-refractivity contribution in [1.82, 2.24) is 0 Å². The highest BCUT2D eigenvalue weighted by Crippen LogP contribution is 2.49. The Morgan fingerprint density at radius 3 is 1.77 bits per heavy atom. The molecule has 0 aromatic heterocycles. The average molecular weight is 760 g/mol. The minimum absolute atomic E-state index is 0.0251. The summed E-state index contributed by atoms with van der Waals surface area (Å²) >= 11 is 12.7. The van der Waals surface area contributed by atoms with Gasteiger partial charge < -0.3 is 19.2 Å². The lowest BCUT2D eigenvalue weighted by molar-refractivity contribution is -0.136. The number of anilines is 2. The maximum absolute atomic E-state index is 13.6. The highest BCUT2D eigenvalue weighted by atomic mass is 35.5. The molecule has 0 bridgehead atoms. The van der Waals surface area contributed by atoms with Gasteiger partial charge in [-0.2, -0.15) is 0 Å². The first-order valence-electron chi connectivity index (χ1n) is 16.4. The third-order valence-electron chi connectivity index (χ3n) is 9.59. The summed E-state index contributed by atoms with van der Waals surface area (Å²) in [5.74, 6) is -0.0721. The van der Waals surface area contributed by atoms with Crippen LogP contribution in [-0.2, 0) is 14.2 Å². The van der Waals surface area contributed by atoms with Crippen molar-refractivity contribution in [2.24, 2.45) is 0 Å². The molecule has 0 radical (unpaired) electrons. The van der Waals surface area contributed by atoms with Gasteiger partial charge >= 0.3 is 7.82 Å². The van der Waals surface area contributed by atoms with Crippen molar-refractivity contribution in [3.63, 3.8) is 0 Å². The van der Waals surface area contributed by atoms with Gasteiger partial charge in [-0.25, -0.2) is 9.82 Å². The Hall–Kier alpha value is -4.67. The number of nitrogens with zero attached hydrogens (tertiary/aromatic N) is 2. The van der Waals surface area contributed by atoms with Crippen molar-refractivity contribution in [3.05, 3.63) is 119 Å². The van der Waals surface area contributed by atoms with Crippen LogP contribution in [0.2, 0.25) is 0 Å². The fourth-order valence-electron chi connectivity index (χ4n) is 7.27. The number of hydrogen-bond acceptors (Lipinski definition) is 6. The standard InChI is InChI=1S/C39H33Cl2N2O8P/c1-23-16-24(11-14-36(44)42-21-26(19-40)38-30-8-4-2-6-28(30)34(50-46)17-32(38)42)10-12-25(23)13-15-37(45)43-22-27(20-41)39-31-9-5-3-7-29(31)35(18-33(39)43)51-52(47,48)49/h2-18,26-27,46H,19-22H2,1H3,(H2,47,48,49)/b14-11+,15-13+/t26-,27-/m1/s1. The van der Waals surface area contributed by atoms with Gasteiger partial charge in [0.25, 0.3) is 11.8 Å². The number of halogens is 2. The second-order valence-electron chi connectivity index (χ2n) is 12.8. The van der Waals surface area contributed by atoms with Gasteiger partial charge in [0.1, 0.15) is 5.75 Å². The molecule has 2 aliphatic heterocycles. The number of hydrogen-bond donors (Lipinski definition) is 3. The first-order valence-corrected chi connectivity index (χ1v) is 19.0. The second-order valence-corrected chi connectivity index (χ2v) is 14.5. The summed E-state index contributed by atoms with van der Waals surface area (Å²) in [7, 11) is -4.88. The smallest absolute Gasteiger partial charge is 0.404 e. The molecule has 2 atom stereocenters. The Morgan fingerprint density at radius 2 is 1.27 bits per heavy atom. The van der Waals surface area contributed by atoms with Crippen LogP contribution in [0.25, 0.3) is 33.7 Å². The molecule has 10 nitrogen and oxygen atoms in total. The van der Waals surface area contributed by atoms with E-state index >= 15 is 0 Å². The lowest BCUT2D eigenvalue weighted by Crippen LogP contribution is -2.28. The largest absolute Gasteiger partial charge is 0.524 e. The van der Waals surface area contributed by atoms with E-state index < -0.39 is 7.82 Å². The van der Waals surface area contributed by atoms with Crippen LogP contribution in [0.15, 0.2) is 91.0 Å². The van der Waals surface area contributed by atoms with E-state index in [1.165, 1.54) is 18.2 Å². The van der Waals surface area contributed by atoms with E-state index in [9.17, 15) is 29.2 Å². The van der Waals surface area contributed by atoms with E-state index in [0.717, 1.165) is 38.6 Å². The third kappa shape index (κ3) is 6.70. The molecule has 0 spiro atoms. The minimum atomic E-state index is -4.88. The SMILES string of the molecule is Cc1cc(/C=C/C(=O)N2C[C@@H](CCl)c3c2cc(OO)c2ccccc32)ccc1/C=C/C(=O)N1C[C@@H](CCl)c2c1cc(OP(=O)(O)O)c1ccccc21. The fourth-order valence-corrected chi connectivity index (χ4v) is 8.18. The summed E-state index contributed by atoms with van der Waals surface area (Å²) in [6.45, 7) is 2.58. The molecule has 0 saturated carbocycles. The lowest BCUT2D eigenvalue weighted by Gasteiger charge is -2.18. The number of phosphoric acid groups is 1. The summed E-state index contributed by atoms with van der Waals surface area (Å²) in [4.78, 5) is 54.1. The molecule has 52 heavy (non-hydrogen) atoms. The van der Waals surface area contributed by atoms with Crippen LogP contribution in [0.3, 0.4) is 0 Å². The van der Waals surface area contributed by atoms with Gasteiger partial charge in [-0.1, -0.05) is 66.7 Å². The summed E-state index contributed by atoms with van der Waals surface area (Å²) in [5.41, 5.74) is 5.32. The Balaban J connectivity index is 1.11. The summed E-state index contributed by atoms with van der Waals surface area (Å²) in [6, 6.07) is 23.4. The lowest BCUT2D eigenvalue weighted by atomic mass is 9.95. The van der Waals surface area contributed by atoms with Crippen LogP contribution in [-0.4, -0.2) is 51.7 Å². The number of phosphoric ester groups is 1. The molecule has 0 aliphatic carbocycles. The molecule has 0 unspecified atom stereocenters. The summed E-state index contributed by atoms with van der Waals surface area (Å²) < 4.78 is 16.8. The molecule has 3 N–H and O–H groups in total. The van der Waals surface area contributed by atoms with E-state index in [0.29, 0.717) is 41.1 Å². The van der Waals surface area contributed by atoms with Crippen LogP contribution in [0.5, 0.6) is 11.5 Å².